The molecule has 0 atom stereocenters. The third-order valence-electron chi connectivity index (χ3n) is 4.70. The van der Waals surface area contributed by atoms with Crippen LogP contribution in [0.15, 0.2) is 60.2 Å². The highest BCUT2D eigenvalue weighted by molar-refractivity contribution is 6.09. The molecule has 0 radical (unpaired) electrons. The van der Waals surface area contributed by atoms with Gasteiger partial charge in [-0.15, -0.1) is 0 Å². The summed E-state index contributed by atoms with van der Waals surface area (Å²) in [4.78, 5) is 12.6. The lowest BCUT2D eigenvalue weighted by Gasteiger charge is -2.10. The molecule has 0 saturated carbocycles. The number of nitrogens with zero attached hydrogens (tertiary/aromatic N) is 2. The van der Waals surface area contributed by atoms with E-state index in [1.807, 2.05) is 57.2 Å². The molecule has 1 N–H and O–H groups in total. The molecule has 1 amide bonds. The van der Waals surface area contributed by atoms with Gasteiger partial charge >= 0.3 is 0 Å². The highest BCUT2D eigenvalue weighted by Gasteiger charge is 2.14. The maximum Gasteiger partial charge on any atom is 0.266 e. The van der Waals surface area contributed by atoms with Gasteiger partial charge in [0.25, 0.3) is 5.91 Å². The highest BCUT2D eigenvalue weighted by Crippen LogP contribution is 2.23. The number of aryl methyl sites for hydroxylation is 3. The van der Waals surface area contributed by atoms with Crippen molar-refractivity contribution in [2.24, 2.45) is 0 Å². The Hall–Kier alpha value is -3.58. The van der Waals surface area contributed by atoms with Gasteiger partial charge < -0.3 is 9.88 Å². The first-order valence-electron chi connectivity index (χ1n) is 9.15. The number of hydrogen-bond acceptors (Lipinski definition) is 2. The van der Waals surface area contributed by atoms with Crippen LogP contribution in [0.3, 0.4) is 0 Å². The molecular weight excluding hydrogens is 346 g/mol. The van der Waals surface area contributed by atoms with E-state index in [0.29, 0.717) is 5.69 Å². The summed E-state index contributed by atoms with van der Waals surface area (Å²) >= 11 is 0. The first-order chi connectivity index (χ1) is 13.4. The number of carbonyl (C=O) groups excluding carboxylic acids is 1. The van der Waals surface area contributed by atoms with Gasteiger partial charge in [0.2, 0.25) is 0 Å². The Balaban J connectivity index is 1.93. The molecule has 1 heterocycles. The van der Waals surface area contributed by atoms with Crippen molar-refractivity contribution in [1.82, 2.24) is 4.57 Å². The fourth-order valence-electron chi connectivity index (χ4n) is 3.25. The Morgan fingerprint density at radius 2 is 1.71 bits per heavy atom. The van der Waals surface area contributed by atoms with Crippen molar-refractivity contribution in [2.75, 3.05) is 5.32 Å². The molecule has 140 valence electrons. The third kappa shape index (κ3) is 4.05. The molecule has 1 aromatic heterocycles. The second kappa shape index (κ2) is 7.98. The van der Waals surface area contributed by atoms with Gasteiger partial charge in [-0.2, -0.15) is 5.26 Å². The Bertz CT molecular complexity index is 1100. The summed E-state index contributed by atoms with van der Waals surface area (Å²) in [7, 11) is 0. The number of anilines is 1. The zero-order valence-electron chi connectivity index (χ0n) is 16.6. The smallest absolute Gasteiger partial charge is 0.266 e. The van der Waals surface area contributed by atoms with Crippen molar-refractivity contribution in [2.45, 2.75) is 27.7 Å². The van der Waals surface area contributed by atoms with Gasteiger partial charge in [-0.3, -0.25) is 4.79 Å². The van der Waals surface area contributed by atoms with E-state index in [2.05, 4.69) is 41.1 Å². The van der Waals surface area contributed by atoms with Crippen LogP contribution in [0.25, 0.3) is 11.8 Å². The minimum absolute atomic E-state index is 0.0747. The molecule has 0 bridgehead atoms. The molecule has 0 aliphatic rings. The molecular formula is C24H23N3O. The number of amides is 1. The third-order valence-corrected chi connectivity index (χ3v) is 4.70. The van der Waals surface area contributed by atoms with E-state index in [4.69, 9.17) is 0 Å². The van der Waals surface area contributed by atoms with Crippen molar-refractivity contribution < 1.29 is 4.79 Å². The van der Waals surface area contributed by atoms with Gasteiger partial charge in [-0.1, -0.05) is 29.8 Å². The van der Waals surface area contributed by atoms with Crippen LogP contribution in [0.2, 0.25) is 0 Å². The number of rotatable bonds is 4. The van der Waals surface area contributed by atoms with Crippen LogP contribution in [0, 0.1) is 39.0 Å². The minimum Gasteiger partial charge on any atom is -0.321 e. The fourth-order valence-corrected chi connectivity index (χ4v) is 3.25. The molecule has 0 aliphatic carbocycles. The minimum atomic E-state index is -0.409. The second-order valence-corrected chi connectivity index (χ2v) is 6.99. The molecule has 2 aromatic carbocycles. The lowest BCUT2D eigenvalue weighted by molar-refractivity contribution is -0.112. The van der Waals surface area contributed by atoms with E-state index >= 15 is 0 Å². The van der Waals surface area contributed by atoms with Gasteiger partial charge in [0.05, 0.1) is 0 Å². The molecule has 0 saturated heterocycles. The number of nitrogens with one attached hydrogen (secondary N) is 1. The van der Waals surface area contributed by atoms with Crippen LogP contribution in [0.5, 0.6) is 0 Å². The molecule has 0 unspecified atom stereocenters. The van der Waals surface area contributed by atoms with Gasteiger partial charge in [0.1, 0.15) is 11.6 Å². The quantitative estimate of drug-likeness (QED) is 0.504. The molecule has 3 rings (SSSR count). The lowest BCUT2D eigenvalue weighted by Crippen LogP contribution is -2.13. The molecule has 3 aromatic rings. The van der Waals surface area contributed by atoms with E-state index in [1.165, 1.54) is 5.56 Å². The Morgan fingerprint density at radius 1 is 1.00 bits per heavy atom. The first kappa shape index (κ1) is 19.2. The summed E-state index contributed by atoms with van der Waals surface area (Å²) < 4.78 is 2.12. The van der Waals surface area contributed by atoms with E-state index in [1.54, 1.807) is 6.08 Å². The van der Waals surface area contributed by atoms with Crippen molar-refractivity contribution >= 4 is 17.7 Å². The highest BCUT2D eigenvalue weighted by atomic mass is 16.1. The van der Waals surface area contributed by atoms with Crippen LogP contribution in [0.4, 0.5) is 5.69 Å². The zero-order chi connectivity index (χ0) is 20.3. The summed E-state index contributed by atoms with van der Waals surface area (Å²) in [5.74, 6) is -0.409. The molecule has 0 aliphatic heterocycles. The SMILES string of the molecule is Cc1ccc(-n2c(C)cc(C=C(C#N)C(=O)Nc3cccc(C)c3)c2C)cc1. The van der Waals surface area contributed by atoms with E-state index in [9.17, 15) is 10.1 Å². The van der Waals surface area contributed by atoms with Gasteiger partial charge in [-0.25, -0.2) is 0 Å². The predicted octanol–water partition coefficient (Wildman–Crippen LogP) is 5.26. The predicted molar refractivity (Wildman–Crippen MR) is 113 cm³/mol. The summed E-state index contributed by atoms with van der Waals surface area (Å²) in [6.07, 6.45) is 1.65. The molecule has 0 spiro atoms. The summed E-state index contributed by atoms with van der Waals surface area (Å²) in [5.41, 5.74) is 6.94. The van der Waals surface area contributed by atoms with Crippen LogP contribution < -0.4 is 5.32 Å². The fraction of sp³-hybridized carbons (Fsp3) is 0.167. The van der Waals surface area contributed by atoms with E-state index in [0.717, 1.165) is 28.2 Å². The standard InChI is InChI=1S/C24H23N3O/c1-16-8-10-23(11-9-16)27-18(3)13-20(19(27)4)14-21(15-25)24(28)26-22-7-5-6-17(2)12-22/h5-14H,1-4H3,(H,26,28). The topological polar surface area (TPSA) is 57.8 Å². The average Bonchev–Trinajstić information content (AvgIpc) is 2.94. The van der Waals surface area contributed by atoms with Crippen molar-refractivity contribution in [3.8, 4) is 11.8 Å². The maximum absolute atomic E-state index is 12.6. The Labute approximate surface area is 165 Å². The van der Waals surface area contributed by atoms with Crippen LogP contribution >= 0.6 is 0 Å². The number of carbonyl (C=O) groups is 1. The van der Waals surface area contributed by atoms with Crippen molar-refractivity contribution in [3.63, 3.8) is 0 Å². The van der Waals surface area contributed by atoms with Crippen LogP contribution in [-0.4, -0.2) is 10.5 Å². The Morgan fingerprint density at radius 3 is 2.36 bits per heavy atom. The molecule has 4 heteroatoms. The molecule has 4 nitrogen and oxygen atoms in total. The molecule has 0 fully saturated rings. The zero-order valence-corrected chi connectivity index (χ0v) is 16.6. The number of nitriles is 1. The summed E-state index contributed by atoms with van der Waals surface area (Å²) in [6, 6.07) is 19.8. The summed E-state index contributed by atoms with van der Waals surface area (Å²) in [5, 5.41) is 12.3. The summed E-state index contributed by atoms with van der Waals surface area (Å²) in [6.45, 7) is 8.02. The van der Waals surface area contributed by atoms with Crippen molar-refractivity contribution in [3.05, 3.63) is 88.2 Å². The maximum atomic E-state index is 12.6. The number of hydrogen-bond donors (Lipinski definition) is 1. The first-order valence-corrected chi connectivity index (χ1v) is 9.15. The monoisotopic (exact) mass is 369 g/mol. The average molecular weight is 369 g/mol. The number of benzene rings is 2. The van der Waals surface area contributed by atoms with Crippen molar-refractivity contribution in [1.29, 1.82) is 5.26 Å². The van der Waals surface area contributed by atoms with Gasteiger partial charge in [0, 0.05) is 22.8 Å². The van der Waals surface area contributed by atoms with Crippen LogP contribution in [-0.2, 0) is 4.79 Å². The number of aromatic nitrogens is 1. The lowest BCUT2D eigenvalue weighted by atomic mass is 10.1. The Kier molecular flexibility index (Phi) is 5.47. The largest absolute Gasteiger partial charge is 0.321 e. The van der Waals surface area contributed by atoms with Crippen LogP contribution in [0.1, 0.15) is 28.1 Å². The van der Waals surface area contributed by atoms with Gasteiger partial charge in [0.15, 0.2) is 0 Å². The normalized spacial score (nSPS) is 11.2. The molecule has 28 heavy (non-hydrogen) atoms. The van der Waals surface area contributed by atoms with E-state index < -0.39 is 5.91 Å². The van der Waals surface area contributed by atoms with E-state index in [-0.39, 0.29) is 5.57 Å². The van der Waals surface area contributed by atoms with Gasteiger partial charge in [-0.05, 0) is 75.2 Å². The second-order valence-electron chi connectivity index (χ2n) is 6.99.